The van der Waals surface area contributed by atoms with E-state index in [2.05, 4.69) is 18.0 Å². The van der Waals surface area contributed by atoms with Gasteiger partial charge < -0.3 is 5.73 Å². The highest BCUT2D eigenvalue weighted by Gasteiger charge is 2.45. The Kier molecular flexibility index (Phi) is 3.63. The van der Waals surface area contributed by atoms with Crippen molar-refractivity contribution in [1.29, 1.82) is 0 Å². The fourth-order valence-electron chi connectivity index (χ4n) is 3.90. The first kappa shape index (κ1) is 13.7. The quantitative estimate of drug-likeness (QED) is 0.920. The number of nitrogens with zero attached hydrogens (tertiary/aromatic N) is 1. The smallest absolute Gasteiger partial charge is 0.149 e. The molecule has 1 saturated carbocycles. The molecule has 1 atom stereocenters. The molecule has 0 amide bonds. The van der Waals surface area contributed by atoms with E-state index >= 15 is 0 Å². The maximum absolute atomic E-state index is 13.1. The van der Waals surface area contributed by atoms with Crippen LogP contribution in [0.4, 0.5) is 0 Å². The van der Waals surface area contributed by atoms with Crippen molar-refractivity contribution in [3.05, 3.63) is 29.6 Å². The lowest BCUT2D eigenvalue weighted by Crippen LogP contribution is -2.43. The van der Waals surface area contributed by atoms with E-state index in [0.29, 0.717) is 12.3 Å². The number of rotatable bonds is 3. The van der Waals surface area contributed by atoms with Gasteiger partial charge in [-0.3, -0.25) is 9.78 Å². The van der Waals surface area contributed by atoms with E-state index in [4.69, 9.17) is 5.73 Å². The van der Waals surface area contributed by atoms with Crippen LogP contribution >= 0.6 is 0 Å². The van der Waals surface area contributed by atoms with Crippen LogP contribution in [0.5, 0.6) is 0 Å². The van der Waals surface area contributed by atoms with Gasteiger partial charge in [-0.15, -0.1) is 0 Å². The predicted molar refractivity (Wildman–Crippen MR) is 79.4 cm³/mol. The molecule has 3 heteroatoms. The minimum Gasteiger partial charge on any atom is -0.329 e. The molecule has 0 saturated heterocycles. The zero-order chi connectivity index (χ0) is 14.2. The van der Waals surface area contributed by atoms with Gasteiger partial charge in [-0.1, -0.05) is 13.0 Å². The van der Waals surface area contributed by atoms with Crippen LogP contribution < -0.4 is 5.73 Å². The zero-order valence-electron chi connectivity index (χ0n) is 12.3. The molecule has 0 aliphatic heterocycles. The van der Waals surface area contributed by atoms with Gasteiger partial charge in [-0.2, -0.15) is 0 Å². The molecular weight excluding hydrogens is 248 g/mol. The van der Waals surface area contributed by atoms with Crippen molar-refractivity contribution in [3.63, 3.8) is 0 Å². The third-order valence-electron chi connectivity index (χ3n) is 5.42. The summed E-state index contributed by atoms with van der Waals surface area (Å²) in [7, 11) is 0. The predicted octanol–water partition coefficient (Wildman–Crippen LogP) is 2.84. The Hall–Kier alpha value is -1.22. The van der Waals surface area contributed by atoms with Crippen molar-refractivity contribution in [2.45, 2.75) is 51.4 Å². The number of aryl methyl sites for hydroxylation is 1. The van der Waals surface area contributed by atoms with Crippen LogP contribution in [-0.4, -0.2) is 17.3 Å². The van der Waals surface area contributed by atoms with Gasteiger partial charge in [-0.25, -0.2) is 0 Å². The van der Waals surface area contributed by atoms with Crippen LogP contribution in [0.25, 0.3) is 0 Å². The van der Waals surface area contributed by atoms with Crippen LogP contribution in [-0.2, 0) is 11.2 Å². The van der Waals surface area contributed by atoms with Crippen LogP contribution in [0, 0.1) is 11.3 Å². The summed E-state index contributed by atoms with van der Waals surface area (Å²) in [6, 6.07) is 4.07. The molecule has 20 heavy (non-hydrogen) atoms. The lowest BCUT2D eigenvalue weighted by molar-refractivity contribution is -0.132. The summed E-state index contributed by atoms with van der Waals surface area (Å²) in [5.74, 6) is 1.09. The molecule has 3 rings (SSSR count). The number of nitrogens with two attached hydrogens (primary N) is 1. The topological polar surface area (TPSA) is 56.0 Å². The number of carbonyl (C=O) groups excluding carboxylic acids is 1. The average Bonchev–Trinajstić information content (AvgIpc) is 2.91. The Morgan fingerprint density at radius 3 is 2.85 bits per heavy atom. The van der Waals surface area contributed by atoms with Gasteiger partial charge in [-0.05, 0) is 56.1 Å². The van der Waals surface area contributed by atoms with Crippen molar-refractivity contribution >= 4 is 5.78 Å². The number of carbonyl (C=O) groups is 1. The first-order valence-electron chi connectivity index (χ1n) is 7.84. The van der Waals surface area contributed by atoms with E-state index in [9.17, 15) is 4.79 Å². The molecule has 2 N–H and O–H groups in total. The van der Waals surface area contributed by atoms with E-state index < -0.39 is 0 Å². The number of pyridine rings is 1. The average molecular weight is 272 g/mol. The van der Waals surface area contributed by atoms with Crippen LogP contribution in [0.3, 0.4) is 0 Å². The molecule has 2 aliphatic rings. The first-order chi connectivity index (χ1) is 9.66. The number of aromatic nitrogens is 1. The fraction of sp³-hybridized carbons (Fsp3) is 0.647. The van der Waals surface area contributed by atoms with Crippen molar-refractivity contribution in [3.8, 4) is 0 Å². The minimum atomic E-state index is -0.281. The summed E-state index contributed by atoms with van der Waals surface area (Å²) < 4.78 is 0. The highest BCUT2D eigenvalue weighted by Crippen LogP contribution is 2.45. The molecule has 1 aromatic rings. The second-order valence-corrected chi connectivity index (χ2v) is 6.67. The molecule has 2 aliphatic carbocycles. The Morgan fingerprint density at radius 2 is 2.15 bits per heavy atom. The Morgan fingerprint density at radius 1 is 1.40 bits per heavy atom. The number of hydrogen-bond acceptors (Lipinski definition) is 3. The molecule has 1 fully saturated rings. The lowest BCUT2D eigenvalue weighted by atomic mass is 9.65. The number of ketones is 1. The highest BCUT2D eigenvalue weighted by atomic mass is 16.1. The Balaban J connectivity index is 1.85. The van der Waals surface area contributed by atoms with Gasteiger partial charge in [0, 0.05) is 18.2 Å². The summed E-state index contributed by atoms with van der Waals surface area (Å²) in [6.45, 7) is 2.77. The van der Waals surface area contributed by atoms with Crippen molar-refractivity contribution in [2.75, 3.05) is 6.54 Å². The van der Waals surface area contributed by atoms with Gasteiger partial charge in [0.05, 0.1) is 11.6 Å². The summed E-state index contributed by atoms with van der Waals surface area (Å²) in [6.07, 6.45) is 7.89. The fourth-order valence-corrected chi connectivity index (χ4v) is 3.90. The Labute approximate surface area is 121 Å². The van der Waals surface area contributed by atoms with Gasteiger partial charge >= 0.3 is 0 Å². The van der Waals surface area contributed by atoms with Gasteiger partial charge in [0.1, 0.15) is 5.78 Å². The molecule has 0 spiro atoms. The van der Waals surface area contributed by atoms with Gasteiger partial charge in [0.2, 0.25) is 0 Å². The highest BCUT2D eigenvalue weighted by molar-refractivity contribution is 5.92. The maximum Gasteiger partial charge on any atom is 0.149 e. The molecule has 0 bridgehead atoms. The molecule has 1 unspecified atom stereocenters. The number of Topliss-reactive ketones (excluding diaryl/α,β-unsaturated/α-hetero) is 1. The second-order valence-electron chi connectivity index (χ2n) is 6.67. The summed E-state index contributed by atoms with van der Waals surface area (Å²) in [5, 5.41) is 0. The monoisotopic (exact) mass is 272 g/mol. The molecule has 0 radical (unpaired) electrons. The van der Waals surface area contributed by atoms with E-state index in [1.165, 1.54) is 5.56 Å². The SMILES string of the molecule is CC1CCC(CN)(C(=O)C2CCc3cccnc32)CC1. The maximum atomic E-state index is 13.1. The minimum absolute atomic E-state index is 0.0110. The normalized spacial score (nSPS) is 32.9. The molecule has 0 aromatic carbocycles. The summed E-state index contributed by atoms with van der Waals surface area (Å²) >= 11 is 0. The molecule has 3 nitrogen and oxygen atoms in total. The van der Waals surface area contributed by atoms with E-state index in [1.54, 1.807) is 0 Å². The molecular formula is C17H24N2O. The molecule has 1 heterocycles. The van der Waals surface area contributed by atoms with Crippen LogP contribution in [0.2, 0.25) is 0 Å². The van der Waals surface area contributed by atoms with Gasteiger partial charge in [0.15, 0.2) is 0 Å². The van der Waals surface area contributed by atoms with Crippen molar-refractivity contribution in [1.82, 2.24) is 4.98 Å². The second kappa shape index (κ2) is 5.28. The van der Waals surface area contributed by atoms with E-state index in [-0.39, 0.29) is 11.3 Å². The van der Waals surface area contributed by atoms with Crippen LogP contribution in [0.15, 0.2) is 18.3 Å². The van der Waals surface area contributed by atoms with Gasteiger partial charge in [0.25, 0.3) is 0 Å². The standard InChI is InChI=1S/C17H24N2O/c1-12-6-8-17(11-18,9-7-12)16(20)14-5-4-13-3-2-10-19-15(13)14/h2-3,10,12,14H,4-9,11,18H2,1H3. The first-order valence-corrected chi connectivity index (χ1v) is 7.84. The van der Waals surface area contributed by atoms with Crippen molar-refractivity contribution in [2.24, 2.45) is 17.1 Å². The summed E-state index contributed by atoms with van der Waals surface area (Å²) in [4.78, 5) is 17.6. The zero-order valence-corrected chi connectivity index (χ0v) is 12.3. The number of fused-ring (bicyclic) bond motifs is 1. The largest absolute Gasteiger partial charge is 0.329 e. The number of hydrogen-bond donors (Lipinski definition) is 1. The van der Waals surface area contributed by atoms with Crippen LogP contribution in [0.1, 0.15) is 56.2 Å². The third kappa shape index (κ3) is 2.18. The van der Waals surface area contributed by atoms with E-state index in [1.807, 2.05) is 12.3 Å². The van der Waals surface area contributed by atoms with Crippen molar-refractivity contribution < 1.29 is 4.79 Å². The lowest BCUT2D eigenvalue weighted by Gasteiger charge is -2.38. The third-order valence-corrected chi connectivity index (χ3v) is 5.42. The molecule has 108 valence electrons. The molecule has 1 aromatic heterocycles. The van der Waals surface area contributed by atoms with E-state index in [0.717, 1.165) is 50.1 Å². The summed E-state index contributed by atoms with van der Waals surface area (Å²) in [5.41, 5.74) is 8.02. The Bertz CT molecular complexity index is 503.